The van der Waals surface area contributed by atoms with Gasteiger partial charge in [0.05, 0.1) is 12.2 Å². The second-order valence-corrected chi connectivity index (χ2v) is 4.98. The van der Waals surface area contributed by atoms with Crippen LogP contribution in [0.15, 0.2) is 36.5 Å². The zero-order chi connectivity index (χ0) is 13.8. The number of carbonyl (C=O) groups excluding carboxylic acids is 1. The highest BCUT2D eigenvalue weighted by atomic mass is 127. The van der Waals surface area contributed by atoms with Crippen LogP contribution in [0.1, 0.15) is 17.3 Å². The number of esters is 1. The molecule has 0 spiro atoms. The lowest BCUT2D eigenvalue weighted by atomic mass is 10.0. The molecule has 0 bridgehead atoms. The van der Waals surface area contributed by atoms with Crippen molar-refractivity contribution < 1.29 is 14.6 Å². The maximum atomic E-state index is 11.7. The fraction of sp³-hybridized carbons (Fsp3) is 0.143. The van der Waals surface area contributed by atoms with Crippen molar-refractivity contribution >= 4 is 28.6 Å². The molecule has 1 N–H and O–H groups in total. The van der Waals surface area contributed by atoms with Crippen LogP contribution in [0.3, 0.4) is 0 Å². The summed E-state index contributed by atoms with van der Waals surface area (Å²) in [6.07, 6.45) is 1.57. The average Bonchev–Trinajstić information content (AvgIpc) is 2.41. The number of hydrogen-bond donors (Lipinski definition) is 1. The Morgan fingerprint density at radius 3 is 2.79 bits per heavy atom. The minimum Gasteiger partial charge on any atom is -0.493 e. The van der Waals surface area contributed by atoms with Crippen LogP contribution in [0.5, 0.6) is 5.88 Å². The van der Waals surface area contributed by atoms with E-state index < -0.39 is 0 Å². The molecule has 19 heavy (non-hydrogen) atoms. The second kappa shape index (κ2) is 6.01. The Balaban J connectivity index is 2.42. The van der Waals surface area contributed by atoms with Gasteiger partial charge in [-0.05, 0) is 59.3 Å². The van der Waals surface area contributed by atoms with Gasteiger partial charge in [0.2, 0.25) is 5.88 Å². The Labute approximate surface area is 124 Å². The summed E-state index contributed by atoms with van der Waals surface area (Å²) in [7, 11) is 0. The minimum atomic E-state index is -0.341. The van der Waals surface area contributed by atoms with Gasteiger partial charge < -0.3 is 9.84 Å². The molecule has 0 aliphatic heterocycles. The highest BCUT2D eigenvalue weighted by Crippen LogP contribution is 2.27. The molecular weight excluding hydrogens is 357 g/mol. The predicted octanol–water partition coefficient (Wildman–Crippen LogP) is 3.24. The van der Waals surface area contributed by atoms with Gasteiger partial charge in [0, 0.05) is 21.4 Å². The monoisotopic (exact) mass is 369 g/mol. The van der Waals surface area contributed by atoms with Gasteiger partial charge in [0.25, 0.3) is 0 Å². The van der Waals surface area contributed by atoms with E-state index in [4.69, 9.17) is 4.74 Å². The first-order chi connectivity index (χ1) is 9.11. The summed E-state index contributed by atoms with van der Waals surface area (Å²) in [6, 6.07) is 8.64. The Hall–Kier alpha value is -1.63. The van der Waals surface area contributed by atoms with Crippen molar-refractivity contribution in [2.45, 2.75) is 6.92 Å². The van der Waals surface area contributed by atoms with Crippen molar-refractivity contribution in [1.82, 2.24) is 4.98 Å². The molecule has 0 saturated heterocycles. The zero-order valence-corrected chi connectivity index (χ0v) is 12.4. The van der Waals surface area contributed by atoms with E-state index in [9.17, 15) is 9.90 Å². The number of aromatic nitrogens is 1. The smallest absolute Gasteiger partial charge is 0.338 e. The Morgan fingerprint density at radius 2 is 2.16 bits per heavy atom. The van der Waals surface area contributed by atoms with E-state index in [0.717, 1.165) is 14.7 Å². The first kappa shape index (κ1) is 13.8. The molecule has 1 heterocycles. The van der Waals surface area contributed by atoms with Crippen LogP contribution >= 0.6 is 22.6 Å². The maximum absolute atomic E-state index is 11.7. The summed E-state index contributed by atoms with van der Waals surface area (Å²) >= 11 is 2.19. The van der Waals surface area contributed by atoms with E-state index in [1.807, 2.05) is 6.07 Å². The third kappa shape index (κ3) is 3.23. The van der Waals surface area contributed by atoms with E-state index in [0.29, 0.717) is 12.2 Å². The van der Waals surface area contributed by atoms with E-state index in [1.165, 1.54) is 6.07 Å². The molecule has 5 heteroatoms. The van der Waals surface area contributed by atoms with E-state index in [2.05, 4.69) is 27.6 Å². The second-order valence-electron chi connectivity index (χ2n) is 3.82. The van der Waals surface area contributed by atoms with Crippen LogP contribution in [-0.2, 0) is 4.74 Å². The minimum absolute atomic E-state index is 0.0275. The molecule has 0 saturated carbocycles. The Morgan fingerprint density at radius 1 is 1.37 bits per heavy atom. The van der Waals surface area contributed by atoms with Gasteiger partial charge >= 0.3 is 5.97 Å². The van der Waals surface area contributed by atoms with Crippen molar-refractivity contribution in [1.29, 1.82) is 0 Å². The van der Waals surface area contributed by atoms with Crippen LogP contribution < -0.4 is 0 Å². The number of hydrogen-bond acceptors (Lipinski definition) is 4. The first-order valence-electron chi connectivity index (χ1n) is 5.74. The molecule has 0 radical (unpaired) electrons. The topological polar surface area (TPSA) is 59.4 Å². The van der Waals surface area contributed by atoms with Gasteiger partial charge in [-0.25, -0.2) is 9.78 Å². The molecular formula is C14H12INO3. The lowest BCUT2D eigenvalue weighted by Crippen LogP contribution is -2.05. The maximum Gasteiger partial charge on any atom is 0.338 e. The summed E-state index contributed by atoms with van der Waals surface area (Å²) in [5.41, 5.74) is 2.23. The highest BCUT2D eigenvalue weighted by Gasteiger charge is 2.11. The normalized spacial score (nSPS) is 10.2. The Kier molecular flexibility index (Phi) is 4.36. The number of ether oxygens (including phenoxy) is 1. The number of nitrogens with zero attached hydrogens (tertiary/aromatic N) is 1. The predicted molar refractivity (Wildman–Crippen MR) is 80.0 cm³/mol. The first-order valence-corrected chi connectivity index (χ1v) is 6.81. The molecule has 4 nitrogen and oxygen atoms in total. The Bertz CT molecular complexity index is 596. The van der Waals surface area contributed by atoms with Gasteiger partial charge in [-0.3, -0.25) is 0 Å². The van der Waals surface area contributed by atoms with Crippen LogP contribution in [0.4, 0.5) is 0 Å². The van der Waals surface area contributed by atoms with Crippen molar-refractivity contribution in [3.63, 3.8) is 0 Å². The molecule has 0 atom stereocenters. The highest BCUT2D eigenvalue weighted by molar-refractivity contribution is 14.1. The summed E-state index contributed by atoms with van der Waals surface area (Å²) < 4.78 is 5.98. The molecule has 0 aliphatic rings. The molecule has 0 unspecified atom stereocenters. The van der Waals surface area contributed by atoms with E-state index in [-0.39, 0.29) is 11.8 Å². The fourth-order valence-electron chi connectivity index (χ4n) is 1.63. The van der Waals surface area contributed by atoms with Gasteiger partial charge in [0.1, 0.15) is 0 Å². The van der Waals surface area contributed by atoms with Crippen LogP contribution in [0.2, 0.25) is 0 Å². The molecule has 0 aliphatic carbocycles. The number of benzene rings is 1. The molecule has 98 valence electrons. The summed E-state index contributed by atoms with van der Waals surface area (Å²) in [5.74, 6) is -0.368. The average molecular weight is 369 g/mol. The largest absolute Gasteiger partial charge is 0.493 e. The third-order valence-electron chi connectivity index (χ3n) is 2.54. The van der Waals surface area contributed by atoms with Crippen LogP contribution in [-0.4, -0.2) is 22.7 Å². The van der Waals surface area contributed by atoms with Crippen LogP contribution in [0, 0.1) is 3.57 Å². The molecule has 2 rings (SSSR count). The SMILES string of the molecule is CCOC(=O)c1ccc(I)c(-c2ccc(O)nc2)c1. The van der Waals surface area contributed by atoms with Crippen LogP contribution in [0.25, 0.3) is 11.1 Å². The fourth-order valence-corrected chi connectivity index (χ4v) is 2.28. The zero-order valence-electron chi connectivity index (χ0n) is 10.3. The van der Waals surface area contributed by atoms with Gasteiger partial charge in [-0.2, -0.15) is 0 Å². The third-order valence-corrected chi connectivity index (χ3v) is 3.48. The quantitative estimate of drug-likeness (QED) is 0.667. The lowest BCUT2D eigenvalue weighted by Gasteiger charge is -2.07. The molecule has 1 aromatic carbocycles. The molecule has 0 fully saturated rings. The van der Waals surface area contributed by atoms with Gasteiger partial charge in [0.15, 0.2) is 0 Å². The summed E-state index contributed by atoms with van der Waals surface area (Å²) in [4.78, 5) is 15.6. The van der Waals surface area contributed by atoms with Crippen molar-refractivity contribution in [3.8, 4) is 17.0 Å². The summed E-state index contributed by atoms with van der Waals surface area (Å²) in [6.45, 7) is 2.12. The van der Waals surface area contributed by atoms with Gasteiger partial charge in [-0.15, -0.1) is 0 Å². The van der Waals surface area contributed by atoms with E-state index >= 15 is 0 Å². The molecule has 1 aromatic heterocycles. The number of halogens is 1. The van der Waals surface area contributed by atoms with Crippen molar-refractivity contribution in [2.75, 3.05) is 6.61 Å². The van der Waals surface area contributed by atoms with Crippen molar-refractivity contribution in [2.24, 2.45) is 0 Å². The van der Waals surface area contributed by atoms with Crippen molar-refractivity contribution in [3.05, 3.63) is 45.7 Å². The van der Waals surface area contributed by atoms with Gasteiger partial charge in [-0.1, -0.05) is 0 Å². The number of aromatic hydroxyl groups is 1. The standard InChI is InChI=1S/C14H12INO3/c1-2-19-14(18)9-3-5-12(15)11(7-9)10-4-6-13(17)16-8-10/h3-8H,2H2,1H3,(H,16,17). The van der Waals surface area contributed by atoms with E-state index in [1.54, 1.807) is 31.3 Å². The summed E-state index contributed by atoms with van der Waals surface area (Å²) in [5, 5.41) is 9.20. The number of rotatable bonds is 3. The number of pyridine rings is 1. The lowest BCUT2D eigenvalue weighted by molar-refractivity contribution is 0.0526. The molecule has 0 amide bonds. The molecule has 2 aromatic rings. The number of carbonyl (C=O) groups is 1.